The molecule has 1 unspecified atom stereocenters. The van der Waals surface area contributed by atoms with Crippen molar-refractivity contribution in [3.05, 3.63) is 0 Å². The number of hydrogen-bond acceptors (Lipinski definition) is 3. The molecule has 0 aliphatic heterocycles. The third-order valence-electron chi connectivity index (χ3n) is 1.80. The Bertz CT molecular complexity index is 190. The molecule has 0 aliphatic carbocycles. The molecule has 0 aliphatic rings. The van der Waals surface area contributed by atoms with E-state index in [-0.39, 0.29) is 0 Å². The third-order valence-corrected chi connectivity index (χ3v) is 1.80. The molecule has 0 saturated heterocycles. The van der Waals surface area contributed by atoms with Crippen LogP contribution in [-0.4, -0.2) is 24.3 Å². The average Bonchev–Trinajstić information content (AvgIpc) is 2.11. The van der Waals surface area contributed by atoms with Crippen LogP contribution < -0.4 is 5.73 Å². The van der Waals surface area contributed by atoms with Gasteiger partial charge in [0.05, 0.1) is 0 Å². The quantitative estimate of drug-likeness (QED) is 0.722. The molecular formula is C8H14F3NO2. The highest BCUT2D eigenvalue weighted by molar-refractivity contribution is 5.76. The fourth-order valence-electron chi connectivity index (χ4n) is 0.827. The van der Waals surface area contributed by atoms with Crippen LogP contribution >= 0.6 is 0 Å². The van der Waals surface area contributed by atoms with Gasteiger partial charge in [-0.05, 0) is 12.8 Å². The molecule has 84 valence electrons. The lowest BCUT2D eigenvalue weighted by Crippen LogP contribution is -2.46. The van der Waals surface area contributed by atoms with Crippen molar-refractivity contribution in [1.29, 1.82) is 0 Å². The Kier molecular flexibility index (Phi) is 4.90. The molecule has 0 saturated carbocycles. The highest BCUT2D eigenvalue weighted by atomic mass is 19.4. The van der Waals surface area contributed by atoms with Crippen molar-refractivity contribution < 1.29 is 22.7 Å². The lowest BCUT2D eigenvalue weighted by Gasteiger charge is -2.19. The maximum Gasteiger partial charge on any atom is 0.414 e. The fraction of sp³-hybridized carbons (Fsp3) is 0.875. The number of alkyl halides is 3. The number of hydrogen-bond donors (Lipinski definition) is 1. The first-order valence-electron chi connectivity index (χ1n) is 4.35. The number of nitrogens with two attached hydrogens (primary N) is 1. The van der Waals surface area contributed by atoms with E-state index in [4.69, 9.17) is 0 Å². The van der Waals surface area contributed by atoms with Crippen LogP contribution in [-0.2, 0) is 9.53 Å². The molecule has 0 amide bonds. The van der Waals surface area contributed by atoms with E-state index in [2.05, 4.69) is 10.5 Å². The maximum atomic E-state index is 11.9. The van der Waals surface area contributed by atoms with Gasteiger partial charge in [0, 0.05) is 0 Å². The van der Waals surface area contributed by atoms with Crippen LogP contribution in [0.15, 0.2) is 0 Å². The summed E-state index contributed by atoms with van der Waals surface area (Å²) >= 11 is 0. The first-order chi connectivity index (χ1) is 6.32. The van der Waals surface area contributed by atoms with Crippen LogP contribution in [0.25, 0.3) is 0 Å². The maximum absolute atomic E-state index is 11.9. The Hall–Kier alpha value is -0.780. The highest BCUT2D eigenvalue weighted by Gasteiger charge is 2.43. The first-order valence-corrected chi connectivity index (χ1v) is 4.35. The van der Waals surface area contributed by atoms with Crippen molar-refractivity contribution in [2.75, 3.05) is 0 Å². The minimum absolute atomic E-state index is 0.479. The second-order valence-electron chi connectivity index (χ2n) is 2.89. The fourth-order valence-corrected chi connectivity index (χ4v) is 0.827. The van der Waals surface area contributed by atoms with E-state index >= 15 is 0 Å². The van der Waals surface area contributed by atoms with Gasteiger partial charge in [0.1, 0.15) is 6.10 Å². The van der Waals surface area contributed by atoms with Gasteiger partial charge in [0.15, 0.2) is 6.04 Å². The Balaban J connectivity index is 4.21. The van der Waals surface area contributed by atoms with Gasteiger partial charge in [-0.25, -0.2) is 4.79 Å². The number of ether oxygens (including phenoxy) is 1. The van der Waals surface area contributed by atoms with Gasteiger partial charge < -0.3 is 10.5 Å². The molecule has 0 rings (SSSR count). The molecule has 1 atom stereocenters. The summed E-state index contributed by atoms with van der Waals surface area (Å²) in [6, 6.07) is -2.54. The van der Waals surface area contributed by atoms with Gasteiger partial charge in [-0.1, -0.05) is 13.8 Å². The highest BCUT2D eigenvalue weighted by Crippen LogP contribution is 2.20. The minimum Gasteiger partial charge on any atom is -0.461 e. The minimum atomic E-state index is -4.73. The molecule has 0 spiro atoms. The third kappa shape index (κ3) is 3.95. The van der Waals surface area contributed by atoms with Crippen molar-refractivity contribution >= 4 is 5.97 Å². The van der Waals surface area contributed by atoms with Gasteiger partial charge in [-0.3, -0.25) is 0 Å². The van der Waals surface area contributed by atoms with Crippen LogP contribution in [0.4, 0.5) is 13.2 Å². The lowest BCUT2D eigenvalue weighted by atomic mass is 10.2. The van der Waals surface area contributed by atoms with E-state index < -0.39 is 24.3 Å². The van der Waals surface area contributed by atoms with Gasteiger partial charge in [-0.2, -0.15) is 13.2 Å². The van der Waals surface area contributed by atoms with Gasteiger partial charge in [0.2, 0.25) is 0 Å². The number of halogens is 3. The van der Waals surface area contributed by atoms with Crippen LogP contribution in [0.2, 0.25) is 0 Å². The smallest absolute Gasteiger partial charge is 0.414 e. The van der Waals surface area contributed by atoms with E-state index in [1.807, 2.05) is 0 Å². The SMILES string of the molecule is CCC(CC)OC(=O)C(N)C(F)(F)F. The topological polar surface area (TPSA) is 52.3 Å². The van der Waals surface area contributed by atoms with Crippen LogP contribution in [0.5, 0.6) is 0 Å². The summed E-state index contributed by atoms with van der Waals surface area (Å²) < 4.78 is 40.3. The predicted octanol–water partition coefficient (Wildman–Crippen LogP) is 1.61. The van der Waals surface area contributed by atoms with E-state index in [0.29, 0.717) is 12.8 Å². The van der Waals surface area contributed by atoms with E-state index in [1.54, 1.807) is 13.8 Å². The second-order valence-corrected chi connectivity index (χ2v) is 2.89. The molecule has 14 heavy (non-hydrogen) atoms. The van der Waals surface area contributed by atoms with E-state index in [1.165, 1.54) is 0 Å². The Morgan fingerprint density at radius 3 is 2.07 bits per heavy atom. The summed E-state index contributed by atoms with van der Waals surface area (Å²) in [6.45, 7) is 3.45. The van der Waals surface area contributed by atoms with Gasteiger partial charge in [-0.15, -0.1) is 0 Å². The van der Waals surface area contributed by atoms with E-state index in [9.17, 15) is 18.0 Å². The summed E-state index contributed by atoms with van der Waals surface area (Å²) in [5.41, 5.74) is 4.65. The standard InChI is InChI=1S/C8H14F3NO2/c1-3-5(4-2)14-7(13)6(12)8(9,10)11/h5-6H,3-4,12H2,1-2H3. The van der Waals surface area contributed by atoms with Gasteiger partial charge in [0.25, 0.3) is 0 Å². The van der Waals surface area contributed by atoms with Crippen molar-refractivity contribution in [2.24, 2.45) is 5.73 Å². The summed E-state index contributed by atoms with van der Waals surface area (Å²) in [6.07, 6.45) is -4.26. The zero-order valence-corrected chi connectivity index (χ0v) is 8.10. The molecule has 6 heteroatoms. The van der Waals surface area contributed by atoms with Crippen LogP contribution in [0.1, 0.15) is 26.7 Å². The van der Waals surface area contributed by atoms with Crippen LogP contribution in [0.3, 0.4) is 0 Å². The molecule has 0 radical (unpaired) electrons. The molecule has 0 bridgehead atoms. The van der Waals surface area contributed by atoms with Crippen LogP contribution in [0, 0.1) is 0 Å². The zero-order valence-electron chi connectivity index (χ0n) is 8.10. The normalized spacial score (nSPS) is 14.2. The van der Waals surface area contributed by atoms with Crippen molar-refractivity contribution in [1.82, 2.24) is 0 Å². The van der Waals surface area contributed by atoms with E-state index in [0.717, 1.165) is 0 Å². The first kappa shape index (κ1) is 13.2. The number of esters is 1. The monoisotopic (exact) mass is 213 g/mol. The molecule has 3 nitrogen and oxygen atoms in total. The summed E-state index contributed by atoms with van der Waals surface area (Å²) in [7, 11) is 0. The number of carbonyl (C=O) groups is 1. The Morgan fingerprint density at radius 1 is 1.36 bits per heavy atom. The largest absolute Gasteiger partial charge is 0.461 e. The lowest BCUT2D eigenvalue weighted by molar-refractivity contribution is -0.183. The zero-order chi connectivity index (χ0) is 11.4. The molecule has 2 N–H and O–H groups in total. The number of rotatable bonds is 4. The Morgan fingerprint density at radius 2 is 1.79 bits per heavy atom. The van der Waals surface area contributed by atoms with Crippen molar-refractivity contribution in [3.8, 4) is 0 Å². The molecule has 0 aromatic carbocycles. The Labute approximate surface area is 80.4 Å². The predicted molar refractivity (Wildman–Crippen MR) is 44.5 cm³/mol. The molecule has 0 aromatic heterocycles. The average molecular weight is 213 g/mol. The molecule has 0 fully saturated rings. The number of carbonyl (C=O) groups excluding carboxylic acids is 1. The second kappa shape index (κ2) is 5.19. The molecular weight excluding hydrogens is 199 g/mol. The molecule has 0 heterocycles. The van der Waals surface area contributed by atoms with Gasteiger partial charge >= 0.3 is 12.1 Å². The summed E-state index contributed by atoms with van der Waals surface area (Å²) in [5, 5.41) is 0. The van der Waals surface area contributed by atoms with Crippen molar-refractivity contribution in [2.45, 2.75) is 45.0 Å². The molecule has 0 aromatic rings. The summed E-state index contributed by atoms with van der Waals surface area (Å²) in [4.78, 5) is 10.9. The summed E-state index contributed by atoms with van der Waals surface area (Å²) in [5.74, 6) is -1.41. The van der Waals surface area contributed by atoms with Crippen molar-refractivity contribution in [3.63, 3.8) is 0 Å².